The molecule has 0 N–H and O–H groups in total. The Bertz CT molecular complexity index is 726. The molecule has 0 saturated carbocycles. The highest BCUT2D eigenvalue weighted by atomic mass is 16.5. The molecule has 1 fully saturated rings. The van der Waals surface area contributed by atoms with E-state index < -0.39 is 0 Å². The lowest BCUT2D eigenvalue weighted by Crippen LogP contribution is -2.31. The molecule has 1 saturated heterocycles. The van der Waals surface area contributed by atoms with Gasteiger partial charge >= 0.3 is 0 Å². The van der Waals surface area contributed by atoms with E-state index >= 15 is 0 Å². The van der Waals surface area contributed by atoms with Gasteiger partial charge in [0.15, 0.2) is 0 Å². The summed E-state index contributed by atoms with van der Waals surface area (Å²) in [4.78, 5) is 22.5. The monoisotopic (exact) mass is 346 g/mol. The first kappa shape index (κ1) is 17.2. The molecule has 1 aliphatic heterocycles. The number of likely N-dealkylation sites (tertiary alicyclic amines) is 1. The molecular formula is C17H22N4O4. The second-order valence-corrected chi connectivity index (χ2v) is 6.04. The normalized spacial score (nSPS) is 16.9. The second kappa shape index (κ2) is 7.50. The number of amides is 1. The van der Waals surface area contributed by atoms with Crippen molar-refractivity contribution in [1.29, 1.82) is 0 Å². The molecule has 3 rings (SSSR count). The summed E-state index contributed by atoms with van der Waals surface area (Å²) in [5, 5.41) is 3.92. The van der Waals surface area contributed by atoms with Gasteiger partial charge in [-0.05, 0) is 20.3 Å². The first-order valence-corrected chi connectivity index (χ1v) is 8.29. The molecule has 0 radical (unpaired) electrons. The van der Waals surface area contributed by atoms with Crippen LogP contribution in [0.2, 0.25) is 0 Å². The van der Waals surface area contributed by atoms with Crippen LogP contribution in [-0.2, 0) is 11.2 Å². The van der Waals surface area contributed by atoms with Crippen molar-refractivity contribution in [1.82, 2.24) is 20.0 Å². The maximum absolute atomic E-state index is 12.5. The predicted octanol–water partition coefficient (Wildman–Crippen LogP) is 1.70. The number of rotatable bonds is 6. The van der Waals surface area contributed by atoms with Gasteiger partial charge in [0, 0.05) is 37.3 Å². The van der Waals surface area contributed by atoms with Gasteiger partial charge in [0.2, 0.25) is 5.91 Å². The maximum atomic E-state index is 12.5. The molecule has 1 unspecified atom stereocenters. The minimum atomic E-state index is -0.103. The zero-order valence-corrected chi connectivity index (χ0v) is 14.7. The van der Waals surface area contributed by atoms with E-state index in [0.717, 1.165) is 23.4 Å². The third-order valence-electron chi connectivity index (χ3n) is 4.37. The van der Waals surface area contributed by atoms with Crippen LogP contribution in [-0.4, -0.2) is 52.2 Å². The summed E-state index contributed by atoms with van der Waals surface area (Å²) in [7, 11) is 1.52. The van der Waals surface area contributed by atoms with Crippen LogP contribution in [0.1, 0.15) is 29.9 Å². The Labute approximate surface area is 146 Å². The molecule has 25 heavy (non-hydrogen) atoms. The Morgan fingerprint density at radius 3 is 2.76 bits per heavy atom. The van der Waals surface area contributed by atoms with Crippen molar-refractivity contribution in [2.75, 3.05) is 20.2 Å². The van der Waals surface area contributed by atoms with Gasteiger partial charge in [0.1, 0.15) is 11.9 Å². The fraction of sp³-hybridized carbons (Fsp3) is 0.529. The predicted molar refractivity (Wildman–Crippen MR) is 88.5 cm³/mol. The minimum Gasteiger partial charge on any atom is -0.477 e. The average molecular weight is 346 g/mol. The lowest BCUT2D eigenvalue weighted by atomic mass is 10.1. The van der Waals surface area contributed by atoms with Crippen LogP contribution in [0.15, 0.2) is 16.9 Å². The van der Waals surface area contributed by atoms with E-state index in [1.54, 1.807) is 12.4 Å². The van der Waals surface area contributed by atoms with Crippen molar-refractivity contribution in [2.45, 2.75) is 39.2 Å². The van der Waals surface area contributed by atoms with E-state index in [4.69, 9.17) is 14.0 Å². The summed E-state index contributed by atoms with van der Waals surface area (Å²) < 4.78 is 16.1. The van der Waals surface area contributed by atoms with Gasteiger partial charge in [-0.2, -0.15) is 0 Å². The van der Waals surface area contributed by atoms with Crippen molar-refractivity contribution >= 4 is 5.91 Å². The number of ether oxygens (including phenoxy) is 2. The number of nitrogens with zero attached hydrogens (tertiary/aromatic N) is 4. The smallest absolute Gasteiger partial charge is 0.278 e. The van der Waals surface area contributed by atoms with Crippen molar-refractivity contribution in [2.24, 2.45) is 0 Å². The minimum absolute atomic E-state index is 0.103. The Morgan fingerprint density at radius 1 is 1.32 bits per heavy atom. The Kier molecular flexibility index (Phi) is 5.16. The summed E-state index contributed by atoms with van der Waals surface area (Å²) in [6, 6.07) is 0. The summed E-state index contributed by atoms with van der Waals surface area (Å²) >= 11 is 0. The quantitative estimate of drug-likeness (QED) is 0.786. The van der Waals surface area contributed by atoms with E-state index in [1.807, 2.05) is 18.7 Å². The average Bonchev–Trinajstić information content (AvgIpc) is 3.21. The molecule has 8 heteroatoms. The molecule has 0 aromatic carbocycles. The molecule has 0 bridgehead atoms. The molecule has 1 amide bonds. The van der Waals surface area contributed by atoms with Crippen molar-refractivity contribution in [3.8, 4) is 11.8 Å². The van der Waals surface area contributed by atoms with E-state index in [1.165, 1.54) is 7.11 Å². The molecule has 1 atom stereocenters. The molecule has 8 nitrogen and oxygen atoms in total. The third kappa shape index (κ3) is 3.89. The molecule has 1 aliphatic rings. The van der Waals surface area contributed by atoms with E-state index in [9.17, 15) is 4.79 Å². The summed E-state index contributed by atoms with van der Waals surface area (Å²) in [5.74, 6) is 1.60. The zero-order valence-electron chi connectivity index (χ0n) is 14.7. The fourth-order valence-corrected chi connectivity index (χ4v) is 2.99. The van der Waals surface area contributed by atoms with Crippen LogP contribution in [0, 0.1) is 13.8 Å². The fourth-order valence-electron chi connectivity index (χ4n) is 2.99. The maximum Gasteiger partial charge on any atom is 0.278 e. The van der Waals surface area contributed by atoms with Crippen LogP contribution >= 0.6 is 0 Å². The molecule has 2 aromatic heterocycles. The summed E-state index contributed by atoms with van der Waals surface area (Å²) in [6.45, 7) is 4.98. The molecule has 134 valence electrons. The number of aryl methyl sites for hydroxylation is 2. The van der Waals surface area contributed by atoms with E-state index in [-0.39, 0.29) is 12.0 Å². The first-order chi connectivity index (χ1) is 12.1. The molecule has 0 spiro atoms. The van der Waals surface area contributed by atoms with E-state index in [2.05, 4.69) is 15.1 Å². The summed E-state index contributed by atoms with van der Waals surface area (Å²) in [6.07, 6.45) is 4.83. The first-order valence-electron chi connectivity index (χ1n) is 8.29. The van der Waals surface area contributed by atoms with Gasteiger partial charge in [-0.1, -0.05) is 5.16 Å². The molecular weight excluding hydrogens is 324 g/mol. The van der Waals surface area contributed by atoms with Crippen LogP contribution in [0.4, 0.5) is 0 Å². The summed E-state index contributed by atoms with van der Waals surface area (Å²) in [5.41, 5.74) is 1.87. The Morgan fingerprint density at radius 2 is 2.08 bits per heavy atom. The number of carbonyl (C=O) groups excluding carboxylic acids is 1. The van der Waals surface area contributed by atoms with Crippen molar-refractivity contribution in [3.63, 3.8) is 0 Å². The van der Waals surface area contributed by atoms with Gasteiger partial charge in [0.25, 0.3) is 11.8 Å². The molecule has 3 heterocycles. The van der Waals surface area contributed by atoms with Crippen molar-refractivity contribution < 1.29 is 18.8 Å². The van der Waals surface area contributed by atoms with Crippen LogP contribution in [0.3, 0.4) is 0 Å². The highest BCUT2D eigenvalue weighted by molar-refractivity contribution is 5.76. The number of aromatic nitrogens is 3. The Balaban J connectivity index is 1.53. The highest BCUT2D eigenvalue weighted by Gasteiger charge is 2.28. The lowest BCUT2D eigenvalue weighted by Gasteiger charge is -2.17. The number of methoxy groups -OCH3 is 1. The second-order valence-electron chi connectivity index (χ2n) is 6.04. The number of carbonyl (C=O) groups is 1. The third-order valence-corrected chi connectivity index (χ3v) is 4.37. The lowest BCUT2D eigenvalue weighted by molar-refractivity contribution is -0.130. The SMILES string of the molecule is COc1nccnc1OC1CCN(C(=O)CCc2c(C)noc2C)C1. The van der Waals surface area contributed by atoms with E-state index in [0.29, 0.717) is 37.7 Å². The number of hydrogen-bond acceptors (Lipinski definition) is 7. The van der Waals surface area contributed by atoms with Gasteiger partial charge in [-0.15, -0.1) is 0 Å². The van der Waals surface area contributed by atoms with Crippen LogP contribution in [0.5, 0.6) is 11.8 Å². The van der Waals surface area contributed by atoms with Crippen LogP contribution in [0.25, 0.3) is 0 Å². The zero-order chi connectivity index (χ0) is 17.8. The topological polar surface area (TPSA) is 90.6 Å². The van der Waals surface area contributed by atoms with Crippen LogP contribution < -0.4 is 9.47 Å². The van der Waals surface area contributed by atoms with Gasteiger partial charge in [-0.25, -0.2) is 9.97 Å². The van der Waals surface area contributed by atoms with Gasteiger partial charge in [-0.3, -0.25) is 4.79 Å². The molecule has 2 aromatic rings. The van der Waals surface area contributed by atoms with Gasteiger partial charge < -0.3 is 18.9 Å². The number of hydrogen-bond donors (Lipinski definition) is 0. The standard InChI is InChI=1S/C17H22N4O4/c1-11-14(12(2)25-20-11)4-5-15(22)21-9-6-13(10-21)24-17-16(23-3)18-7-8-19-17/h7-8,13H,4-6,9-10H2,1-3H3. The highest BCUT2D eigenvalue weighted by Crippen LogP contribution is 2.24. The largest absolute Gasteiger partial charge is 0.477 e. The van der Waals surface area contributed by atoms with Crippen molar-refractivity contribution in [3.05, 3.63) is 29.4 Å². The van der Waals surface area contributed by atoms with Gasteiger partial charge in [0.05, 0.1) is 19.3 Å². The Hall–Kier alpha value is -2.64. The molecule has 0 aliphatic carbocycles.